The van der Waals surface area contributed by atoms with E-state index in [0.717, 1.165) is 5.56 Å². The van der Waals surface area contributed by atoms with Gasteiger partial charge in [-0.25, -0.2) is 4.98 Å². The van der Waals surface area contributed by atoms with Gasteiger partial charge in [-0.05, 0) is 30.2 Å². The van der Waals surface area contributed by atoms with Gasteiger partial charge in [-0.2, -0.15) is 5.26 Å². The van der Waals surface area contributed by atoms with Crippen LogP contribution in [0.5, 0.6) is 0 Å². The van der Waals surface area contributed by atoms with Crippen molar-refractivity contribution in [2.24, 2.45) is 0 Å². The average molecular weight is 181 g/mol. The smallest absolute Gasteiger partial charge is 0.255 e. The number of rotatable bonds is 1. The minimum absolute atomic E-state index is 0.0700. The fourth-order valence-electron chi connectivity index (χ4n) is 0.808. The highest BCUT2D eigenvalue weighted by molar-refractivity contribution is 6.68. The first-order valence-electron chi connectivity index (χ1n) is 3.21. The average Bonchev–Trinajstić information content (AvgIpc) is 2.04. The lowest BCUT2D eigenvalue weighted by atomic mass is 10.2. The fourth-order valence-corrected chi connectivity index (χ4v) is 0.952. The van der Waals surface area contributed by atoms with Crippen LogP contribution in [0.15, 0.2) is 12.3 Å². The number of halogens is 1. The van der Waals surface area contributed by atoms with Crippen molar-refractivity contribution < 1.29 is 4.79 Å². The molecule has 1 heterocycles. The van der Waals surface area contributed by atoms with Crippen LogP contribution in [0.25, 0.3) is 0 Å². The van der Waals surface area contributed by atoms with E-state index in [0.29, 0.717) is 0 Å². The maximum atomic E-state index is 10.8. The zero-order valence-corrected chi connectivity index (χ0v) is 7.09. The summed E-state index contributed by atoms with van der Waals surface area (Å²) in [4.78, 5) is 14.5. The first kappa shape index (κ1) is 8.69. The summed E-state index contributed by atoms with van der Waals surface area (Å²) in [7, 11) is 0. The highest BCUT2D eigenvalue weighted by Crippen LogP contribution is 2.09. The molecular weight excluding hydrogens is 176 g/mol. The SMILES string of the molecule is Cc1cnc(C#N)c(C(=O)Cl)c1. The van der Waals surface area contributed by atoms with Gasteiger partial charge in [0.05, 0.1) is 5.56 Å². The number of aryl methyl sites for hydroxylation is 1. The lowest BCUT2D eigenvalue weighted by molar-refractivity contribution is 0.108. The summed E-state index contributed by atoms with van der Waals surface area (Å²) in [5.74, 6) is 0. The second kappa shape index (κ2) is 3.33. The monoisotopic (exact) mass is 180 g/mol. The number of carbonyl (C=O) groups is 1. The maximum Gasteiger partial charge on any atom is 0.255 e. The molecule has 4 heteroatoms. The molecule has 0 aliphatic carbocycles. The largest absolute Gasteiger partial charge is 0.275 e. The minimum Gasteiger partial charge on any atom is -0.275 e. The summed E-state index contributed by atoms with van der Waals surface area (Å²) in [5, 5.41) is 7.88. The van der Waals surface area contributed by atoms with Crippen molar-refractivity contribution in [1.29, 1.82) is 5.26 Å². The van der Waals surface area contributed by atoms with Crippen molar-refractivity contribution in [3.05, 3.63) is 29.1 Å². The number of hydrogen-bond acceptors (Lipinski definition) is 3. The molecule has 0 amide bonds. The van der Waals surface area contributed by atoms with E-state index in [1.165, 1.54) is 6.20 Å². The molecule has 0 saturated heterocycles. The third kappa shape index (κ3) is 1.60. The Hall–Kier alpha value is -1.40. The highest BCUT2D eigenvalue weighted by atomic mass is 35.5. The Bertz CT molecular complexity index is 368. The fraction of sp³-hybridized carbons (Fsp3) is 0.125. The number of aromatic nitrogens is 1. The lowest BCUT2D eigenvalue weighted by Crippen LogP contribution is -1.97. The second-order valence-corrected chi connectivity index (χ2v) is 2.64. The molecule has 0 aliphatic rings. The second-order valence-electron chi connectivity index (χ2n) is 2.29. The molecule has 3 nitrogen and oxygen atoms in total. The molecule has 1 rings (SSSR count). The lowest BCUT2D eigenvalue weighted by Gasteiger charge is -1.97. The molecule has 0 saturated carbocycles. The molecule has 0 aliphatic heterocycles. The zero-order valence-electron chi connectivity index (χ0n) is 6.34. The number of hydrogen-bond donors (Lipinski definition) is 0. The van der Waals surface area contributed by atoms with E-state index in [9.17, 15) is 4.79 Å². The van der Waals surface area contributed by atoms with Crippen LogP contribution >= 0.6 is 11.6 Å². The Balaban J connectivity index is 3.34. The van der Waals surface area contributed by atoms with Gasteiger partial charge in [0, 0.05) is 6.20 Å². The predicted octanol–water partition coefficient (Wildman–Crippen LogP) is 1.64. The van der Waals surface area contributed by atoms with E-state index < -0.39 is 5.24 Å². The first-order chi connectivity index (χ1) is 5.65. The van der Waals surface area contributed by atoms with Crippen LogP contribution in [0.3, 0.4) is 0 Å². The quantitative estimate of drug-likeness (QED) is 0.618. The molecule has 1 aromatic rings. The summed E-state index contributed by atoms with van der Waals surface area (Å²) >= 11 is 5.23. The van der Waals surface area contributed by atoms with Gasteiger partial charge in [-0.1, -0.05) is 0 Å². The number of nitrogens with zero attached hydrogens (tertiary/aromatic N) is 2. The molecule has 0 unspecified atom stereocenters. The Morgan fingerprint density at radius 2 is 2.42 bits per heavy atom. The van der Waals surface area contributed by atoms with Crippen LogP contribution in [0, 0.1) is 18.3 Å². The molecule has 12 heavy (non-hydrogen) atoms. The van der Waals surface area contributed by atoms with E-state index in [1.807, 2.05) is 0 Å². The molecule has 0 N–H and O–H groups in total. The van der Waals surface area contributed by atoms with Gasteiger partial charge in [0.2, 0.25) is 0 Å². The van der Waals surface area contributed by atoms with Crippen molar-refractivity contribution in [3.63, 3.8) is 0 Å². The highest BCUT2D eigenvalue weighted by Gasteiger charge is 2.09. The van der Waals surface area contributed by atoms with Crippen LogP contribution in [0.4, 0.5) is 0 Å². The molecular formula is C8H5ClN2O. The van der Waals surface area contributed by atoms with Crippen molar-refractivity contribution >= 4 is 16.8 Å². The molecule has 0 bridgehead atoms. The molecule has 0 atom stereocenters. The van der Waals surface area contributed by atoms with Crippen molar-refractivity contribution in [3.8, 4) is 6.07 Å². The standard InChI is InChI=1S/C8H5ClN2O/c1-5-2-6(8(9)12)7(3-10)11-4-5/h2,4H,1H3. The number of carbonyl (C=O) groups excluding carboxylic acids is 1. The normalized spacial score (nSPS) is 9.08. The summed E-state index contributed by atoms with van der Waals surface area (Å²) in [6, 6.07) is 3.33. The van der Waals surface area contributed by atoms with Gasteiger partial charge in [-0.3, -0.25) is 4.79 Å². The van der Waals surface area contributed by atoms with Gasteiger partial charge in [0.15, 0.2) is 5.69 Å². The Kier molecular flexibility index (Phi) is 2.41. The van der Waals surface area contributed by atoms with Gasteiger partial charge in [0.25, 0.3) is 5.24 Å². The molecule has 0 aromatic carbocycles. The zero-order chi connectivity index (χ0) is 9.14. The first-order valence-corrected chi connectivity index (χ1v) is 3.59. The predicted molar refractivity (Wildman–Crippen MR) is 43.9 cm³/mol. The van der Waals surface area contributed by atoms with Crippen LogP contribution in [0.2, 0.25) is 0 Å². The summed E-state index contributed by atoms with van der Waals surface area (Å²) in [5.41, 5.74) is 1.04. The summed E-state index contributed by atoms with van der Waals surface area (Å²) in [6.45, 7) is 1.78. The molecule has 1 aromatic heterocycles. The van der Waals surface area contributed by atoms with E-state index in [1.54, 1.807) is 19.1 Å². The maximum absolute atomic E-state index is 10.8. The molecule has 0 fully saturated rings. The van der Waals surface area contributed by atoms with Gasteiger partial charge < -0.3 is 0 Å². The molecule has 60 valence electrons. The van der Waals surface area contributed by atoms with Crippen LogP contribution in [0.1, 0.15) is 21.6 Å². The number of pyridine rings is 1. The molecule has 0 spiro atoms. The van der Waals surface area contributed by atoms with Crippen LogP contribution < -0.4 is 0 Å². The third-order valence-electron chi connectivity index (χ3n) is 1.34. The van der Waals surface area contributed by atoms with Crippen LogP contribution in [-0.4, -0.2) is 10.2 Å². The van der Waals surface area contributed by atoms with Gasteiger partial charge in [-0.15, -0.1) is 0 Å². The summed E-state index contributed by atoms with van der Waals surface area (Å²) < 4.78 is 0. The topological polar surface area (TPSA) is 53.8 Å². The van der Waals surface area contributed by atoms with Crippen molar-refractivity contribution in [2.45, 2.75) is 6.92 Å². The summed E-state index contributed by atoms with van der Waals surface area (Å²) in [6.07, 6.45) is 1.52. The van der Waals surface area contributed by atoms with Gasteiger partial charge in [0.1, 0.15) is 6.07 Å². The van der Waals surface area contributed by atoms with E-state index in [-0.39, 0.29) is 11.3 Å². The third-order valence-corrected chi connectivity index (χ3v) is 1.55. The Morgan fingerprint density at radius 1 is 1.75 bits per heavy atom. The van der Waals surface area contributed by atoms with E-state index in [4.69, 9.17) is 16.9 Å². The Morgan fingerprint density at radius 3 is 2.92 bits per heavy atom. The van der Waals surface area contributed by atoms with Crippen LogP contribution in [-0.2, 0) is 0 Å². The van der Waals surface area contributed by atoms with Crippen molar-refractivity contribution in [2.75, 3.05) is 0 Å². The number of nitriles is 1. The van der Waals surface area contributed by atoms with E-state index >= 15 is 0 Å². The van der Waals surface area contributed by atoms with E-state index in [2.05, 4.69) is 4.98 Å². The minimum atomic E-state index is -0.650. The molecule has 0 radical (unpaired) electrons. The Labute approximate surface area is 74.6 Å². The van der Waals surface area contributed by atoms with Gasteiger partial charge >= 0.3 is 0 Å². The van der Waals surface area contributed by atoms with Crippen molar-refractivity contribution in [1.82, 2.24) is 4.98 Å².